The zero-order valence-electron chi connectivity index (χ0n) is 98.2. The molecule has 840 valence electrons. The molecule has 27 fully saturated rings. The van der Waals surface area contributed by atoms with Gasteiger partial charge in [0.15, 0.2) is 17.4 Å². The summed E-state index contributed by atoms with van der Waals surface area (Å²) in [5.41, 5.74) is 6.53. The highest BCUT2D eigenvalue weighted by molar-refractivity contribution is 9.09. The van der Waals surface area contributed by atoms with Gasteiger partial charge in [0.05, 0.1) is 74.4 Å². The highest BCUT2D eigenvalue weighted by Gasteiger charge is 2.76. The van der Waals surface area contributed by atoms with Gasteiger partial charge >= 0.3 is 0 Å². The summed E-state index contributed by atoms with van der Waals surface area (Å²) in [6, 6.07) is 0. The van der Waals surface area contributed by atoms with Crippen LogP contribution < -0.4 is 0 Å². The zero-order chi connectivity index (χ0) is 104. The van der Waals surface area contributed by atoms with Gasteiger partial charge in [-0.3, -0.25) is 0 Å². The molecule has 8 heterocycles. The zero-order valence-corrected chi connectivity index (χ0v) is 99.8. The Balaban J connectivity index is 0.0000000988. The largest absolute Gasteiger partial charge is 0.494 e. The van der Waals surface area contributed by atoms with Crippen LogP contribution in [-0.4, -0.2) is 124 Å². The number of fused-ring (bicyclic) bond motifs is 35. The minimum Gasteiger partial charge on any atom is -0.494 e. The fraction of sp³-hybridized carbons (Fsp3) is 0.985. The summed E-state index contributed by atoms with van der Waals surface area (Å²) in [5.74, 6) is 27.1. The standard InChI is InChI=1S/C27H43BrO3.2C27H44O3.C27H44O2.C27H46O/c1-15-14-30-27(13-22(15)28)16(2)24-23(31-27)12-21-19-6-5-17-11-18(29)7-9-25(17,3)20(19)8-10-26(21,24)4;1-16-7-12-27(29-15-16)17(2)24-23(30-27)14-22-20-6-5-18-13-19(28)8-10-25(18,3)21(20)9-11-26(22,24)4;1-16(15-28)5-8-23-17(2)25-24(30-23)14-22-20-7-6-18-13-19(29)9-11-26(18,3)21(20)10-12-27(22,25)4;1-17-10-14-27(28-16-17)18(2)24-23(29-27)15-22-20-9-8-19-7-5-6-12-25(19,3)21(20)11-13-26(22,24)4;1-17(2)9-12-23-18(3)25-24(28-23)16-22-20-11-10-19-8-6-7-14-26(19,4)21(20)13-15-27(22,25)5/h15-24,29H,5-14H2,1-4H3;16-24,28H,5-15H2,1-4H3;16,18-22,24-25,28-29H,5-15H2,1-4H3;17-24H,5-16H2,1-4H3;17-25H,6-16H2,1-5H3/t15-,16+,17-,18+,19?,20?,21?,22?,23+,24+,25+,26+,27-;16-,17-,18+,19-,20?,21?,22?,23-,24-,25-,26-,27+;16-,18+,19+,20?,21?,22?,24+,25+,26+,27+;17-,18-,19+,20?,21?,22?,23-,24-,25-,26-,27-;18-,19+,20-,21+,22+,23?,24+,25+,26+,27+/m10101/s1. The molecule has 7 saturated heterocycles. The topological polar surface area (TPSA) is 155 Å². The van der Waals surface area contributed by atoms with Crippen molar-refractivity contribution in [2.45, 2.75) is 550 Å². The van der Waals surface area contributed by atoms with E-state index in [0.29, 0.717) is 155 Å². The van der Waals surface area contributed by atoms with E-state index in [1.165, 1.54) is 268 Å². The summed E-state index contributed by atoms with van der Waals surface area (Å²) >= 11 is 3.94. The van der Waals surface area contributed by atoms with Crippen LogP contribution in [0.5, 0.6) is 0 Å². The average Bonchev–Trinajstić information content (AvgIpc) is 1.55. The molecule has 0 radical (unpaired) electrons. The Labute approximate surface area is 911 Å². The van der Waals surface area contributed by atoms with Gasteiger partial charge in [-0.15, -0.1) is 0 Å². The molecule has 4 N–H and O–H groups in total. The van der Waals surface area contributed by atoms with Crippen LogP contribution in [0.2, 0.25) is 0 Å². The Morgan fingerprint density at radius 1 is 0.338 bits per heavy atom. The van der Waals surface area contributed by atoms with E-state index in [0.717, 1.165) is 232 Å². The summed E-state index contributed by atoms with van der Waals surface area (Å²) in [6.07, 6.45) is 70.1. The molecule has 8 aliphatic heterocycles. The normalized spacial score (nSPS) is 58.8. The number of allylic oxidation sites excluding steroid dienone is 1. The molecule has 3 spiro atoms. The van der Waals surface area contributed by atoms with Gasteiger partial charge in [0, 0.05) is 60.8 Å². The molecule has 0 aromatic carbocycles. The SMILES string of the molecule is CC(C)CCC1O[C@H]2C[C@H]3[C@@H]4CC[C@@H]5CCCC[C@]5(C)[C@H]4CC[C@]3(C)[C@H]2[C@@H]1C.CC1=C(CC[C@@H](C)CO)O[C@H]2CC3C4CC[C@H]5C[C@@H](O)CC[C@]5(C)C4CC[C@]3(C)[C@@H]12.C[C@@H]1CO[C@]2(CC1Br)O[C@H]1CC3C4CC[C@@H]5C[C@@H](O)CC[C@]5(C)C4CC[C@]3(C)[C@H]1[C@@H]2C.C[C@H]1CC[C@@]2(OC1)O[C@H]1CC3C4CC[C@@H]5C[C@@H](O)CC[C@]5(C)C4CC[C@]3(C)[C@H]1[C@@H]2C.C[C@H]1CC[C@]2(OC1)O[C@H]1CC3C4CC[C@H]5CCCC[C@]5(C)C4CC[C@]3(C)[C@H]1[C@@H]2C. The van der Waals surface area contributed by atoms with E-state index in [4.69, 9.17) is 37.9 Å². The predicted molar refractivity (Wildman–Crippen MR) is 597 cm³/mol. The number of hydrogen-bond donors (Lipinski definition) is 4. The van der Waals surface area contributed by atoms with Crippen LogP contribution in [0.25, 0.3) is 0 Å². The Kier molecular flexibility index (Phi) is 29.5. The highest BCUT2D eigenvalue weighted by atomic mass is 79.9. The molecule has 28 rings (SSSR count). The Morgan fingerprint density at radius 3 is 1.08 bits per heavy atom. The first-order valence-corrected chi connectivity index (χ1v) is 66.6. The monoisotopic (exact) mass is 2110 g/mol. The van der Waals surface area contributed by atoms with E-state index < -0.39 is 0 Å². The molecule has 0 amide bonds. The van der Waals surface area contributed by atoms with Crippen LogP contribution >= 0.6 is 15.9 Å². The van der Waals surface area contributed by atoms with Gasteiger partial charge in [-0.25, -0.2) is 0 Å². The maximum absolute atomic E-state index is 10.3. The van der Waals surface area contributed by atoms with Crippen LogP contribution in [0, 0.1) is 255 Å². The smallest absolute Gasteiger partial charge is 0.172 e. The van der Waals surface area contributed by atoms with Crippen molar-refractivity contribution in [3.05, 3.63) is 11.3 Å². The molecule has 13 heteroatoms. The van der Waals surface area contributed by atoms with Crippen LogP contribution in [0.15, 0.2) is 11.3 Å². The molecule has 14 unspecified atom stereocenters. The van der Waals surface area contributed by atoms with Gasteiger partial charge in [-0.05, 0) is 520 Å². The number of halogens is 1. The van der Waals surface area contributed by atoms with E-state index in [-0.39, 0.29) is 42.3 Å². The molecule has 0 aromatic heterocycles. The van der Waals surface area contributed by atoms with Crippen molar-refractivity contribution in [1.29, 1.82) is 0 Å². The quantitative estimate of drug-likeness (QED) is 0.179. The Hall–Kier alpha value is -0.420. The van der Waals surface area contributed by atoms with Crippen molar-refractivity contribution in [2.75, 3.05) is 26.4 Å². The van der Waals surface area contributed by atoms with E-state index >= 15 is 0 Å². The summed E-state index contributed by atoms with van der Waals surface area (Å²) in [4.78, 5) is 0.499. The third-order valence-corrected chi connectivity index (χ3v) is 59.2. The highest BCUT2D eigenvalue weighted by Crippen LogP contribution is 2.80. The summed E-state index contributed by atoms with van der Waals surface area (Å²) in [5, 5.41) is 40.3. The van der Waals surface area contributed by atoms with Crippen molar-refractivity contribution in [3.63, 3.8) is 0 Å². The summed E-state index contributed by atoms with van der Waals surface area (Å²) in [6.45, 7) is 55.4. The van der Waals surface area contributed by atoms with Gasteiger partial charge in [-0.2, -0.15) is 0 Å². The lowest BCUT2D eigenvalue weighted by molar-refractivity contribution is -0.273. The van der Waals surface area contributed by atoms with Crippen molar-refractivity contribution < 1.29 is 58.3 Å². The molecule has 148 heavy (non-hydrogen) atoms. The van der Waals surface area contributed by atoms with Crippen LogP contribution in [0.3, 0.4) is 0 Å². The fourth-order valence-corrected chi connectivity index (χ4v) is 50.5. The molecule has 0 bridgehead atoms. The maximum atomic E-state index is 10.3. The van der Waals surface area contributed by atoms with Crippen LogP contribution in [0.4, 0.5) is 0 Å². The number of aliphatic hydroxyl groups is 4. The van der Waals surface area contributed by atoms with Crippen LogP contribution in [0.1, 0.15) is 473 Å². The number of rotatable bonds is 7. The summed E-state index contributed by atoms with van der Waals surface area (Å²) in [7, 11) is 0. The first-order valence-electron chi connectivity index (χ1n) is 65.7. The maximum Gasteiger partial charge on any atom is 0.172 e. The lowest BCUT2D eigenvalue weighted by atomic mass is 9.44. The van der Waals surface area contributed by atoms with Crippen molar-refractivity contribution in [2.24, 2.45) is 255 Å². The third kappa shape index (κ3) is 17.2. The second-order valence-electron chi connectivity index (χ2n) is 64.4. The second kappa shape index (κ2) is 40.0. The van der Waals surface area contributed by atoms with Crippen molar-refractivity contribution >= 4 is 15.9 Å². The molecular formula is C135H221BrO12. The van der Waals surface area contributed by atoms with Gasteiger partial charge in [0.25, 0.3) is 0 Å². The van der Waals surface area contributed by atoms with Crippen molar-refractivity contribution in [3.8, 4) is 0 Å². The molecule has 28 aliphatic rings. The minimum absolute atomic E-state index is 0.0389. The van der Waals surface area contributed by atoms with E-state index in [1.807, 2.05) is 0 Å². The van der Waals surface area contributed by atoms with Gasteiger partial charge < -0.3 is 58.3 Å². The molecular weight excluding hydrogens is 1890 g/mol. The lowest BCUT2D eigenvalue weighted by Gasteiger charge is -2.61. The summed E-state index contributed by atoms with van der Waals surface area (Å²) < 4.78 is 53.7. The van der Waals surface area contributed by atoms with E-state index in [2.05, 4.69) is 161 Å². The number of alkyl halides is 1. The minimum atomic E-state index is -0.357. The van der Waals surface area contributed by atoms with Crippen molar-refractivity contribution in [1.82, 2.24) is 0 Å². The molecule has 12 nitrogen and oxygen atoms in total. The number of ether oxygens (including phenoxy) is 8. The van der Waals surface area contributed by atoms with E-state index in [9.17, 15) is 20.4 Å². The predicted octanol–water partition coefficient (Wildman–Crippen LogP) is 32.0. The average molecular weight is 2120 g/mol. The third-order valence-electron chi connectivity index (χ3n) is 58.0. The molecule has 0 aromatic rings. The fourth-order valence-electron chi connectivity index (χ4n) is 49.9. The molecule has 20 aliphatic carbocycles. The van der Waals surface area contributed by atoms with Gasteiger partial charge in [-0.1, -0.05) is 180 Å². The Bertz CT molecular complexity index is 4670. The first-order chi connectivity index (χ1) is 70.4. The van der Waals surface area contributed by atoms with Gasteiger partial charge in [0.2, 0.25) is 0 Å². The van der Waals surface area contributed by atoms with Gasteiger partial charge in [0.1, 0.15) is 6.10 Å². The number of aliphatic hydroxyl groups excluding tert-OH is 4. The lowest BCUT2D eigenvalue weighted by Crippen LogP contribution is -2.55. The Morgan fingerprint density at radius 2 is 0.689 bits per heavy atom. The number of hydrogen-bond acceptors (Lipinski definition) is 12. The van der Waals surface area contributed by atoms with E-state index in [1.54, 1.807) is 0 Å². The molecule has 20 saturated carbocycles. The second-order valence-corrected chi connectivity index (χ2v) is 65.5. The first kappa shape index (κ1) is 109. The molecule has 56 atom stereocenters. The van der Waals surface area contributed by atoms with Crippen LogP contribution in [-0.2, 0) is 37.9 Å².